The molecule has 0 spiro atoms. The number of ether oxygens (including phenoxy) is 3. The van der Waals surface area contributed by atoms with Gasteiger partial charge >= 0.3 is 0 Å². The molecular weight excluding hydrogens is 348 g/mol. The van der Waals surface area contributed by atoms with E-state index in [1.807, 2.05) is 12.1 Å². The molecular formula is C20H22N2O5. The average molecular weight is 370 g/mol. The number of anilines is 1. The standard InChI is InChI=1S/C20H22N2O5/c1-25-17-12-18(26-2)20(19(13-17)27-3)14-8-10-21(11-9-14)15-4-6-16(7-5-15)22(23)24/h4-8,12-13H,9-11H2,1-3H3. The first kappa shape index (κ1) is 18.6. The third kappa shape index (κ3) is 3.81. The summed E-state index contributed by atoms with van der Waals surface area (Å²) in [5, 5.41) is 10.8. The third-order valence-electron chi connectivity index (χ3n) is 4.67. The van der Waals surface area contributed by atoms with Crippen molar-refractivity contribution in [3.63, 3.8) is 0 Å². The lowest BCUT2D eigenvalue weighted by Crippen LogP contribution is -2.28. The molecule has 0 N–H and O–H groups in total. The van der Waals surface area contributed by atoms with E-state index in [1.54, 1.807) is 33.5 Å². The molecule has 2 aromatic rings. The second kappa shape index (κ2) is 7.99. The van der Waals surface area contributed by atoms with Gasteiger partial charge in [0.05, 0.1) is 31.8 Å². The van der Waals surface area contributed by atoms with Crippen molar-refractivity contribution in [2.75, 3.05) is 39.3 Å². The third-order valence-corrected chi connectivity index (χ3v) is 4.67. The summed E-state index contributed by atoms with van der Waals surface area (Å²) < 4.78 is 16.4. The van der Waals surface area contributed by atoms with Crippen LogP contribution in [0.15, 0.2) is 42.5 Å². The molecule has 7 heteroatoms. The van der Waals surface area contributed by atoms with Gasteiger partial charge in [-0.15, -0.1) is 0 Å². The summed E-state index contributed by atoms with van der Waals surface area (Å²) in [7, 11) is 4.87. The molecule has 0 saturated carbocycles. The summed E-state index contributed by atoms with van der Waals surface area (Å²) in [6.45, 7) is 1.49. The Hall–Kier alpha value is -3.22. The molecule has 0 amide bonds. The fourth-order valence-corrected chi connectivity index (χ4v) is 3.24. The molecule has 0 radical (unpaired) electrons. The summed E-state index contributed by atoms with van der Waals surface area (Å²) in [4.78, 5) is 12.6. The Morgan fingerprint density at radius 1 is 1.00 bits per heavy atom. The minimum atomic E-state index is -0.389. The minimum absolute atomic E-state index is 0.0969. The highest BCUT2D eigenvalue weighted by Gasteiger charge is 2.21. The molecule has 0 aromatic heterocycles. The van der Waals surface area contributed by atoms with E-state index in [9.17, 15) is 10.1 Å². The second-order valence-corrected chi connectivity index (χ2v) is 6.11. The van der Waals surface area contributed by atoms with Gasteiger partial charge in [-0.1, -0.05) is 6.08 Å². The van der Waals surface area contributed by atoms with E-state index in [2.05, 4.69) is 11.0 Å². The predicted molar refractivity (Wildman–Crippen MR) is 104 cm³/mol. The van der Waals surface area contributed by atoms with Crippen LogP contribution in [0.4, 0.5) is 11.4 Å². The molecule has 1 aliphatic rings. The Kier molecular flexibility index (Phi) is 5.49. The lowest BCUT2D eigenvalue weighted by atomic mass is 9.97. The van der Waals surface area contributed by atoms with Crippen LogP contribution < -0.4 is 19.1 Å². The van der Waals surface area contributed by atoms with Crippen molar-refractivity contribution in [3.05, 3.63) is 58.2 Å². The maximum atomic E-state index is 10.8. The predicted octanol–water partition coefficient (Wildman–Crippen LogP) is 3.91. The van der Waals surface area contributed by atoms with Gasteiger partial charge in [0.1, 0.15) is 17.2 Å². The van der Waals surface area contributed by atoms with Gasteiger partial charge in [0.25, 0.3) is 5.69 Å². The van der Waals surface area contributed by atoms with Crippen molar-refractivity contribution < 1.29 is 19.1 Å². The van der Waals surface area contributed by atoms with Gasteiger partial charge in [-0.3, -0.25) is 10.1 Å². The number of hydrogen-bond donors (Lipinski definition) is 0. The van der Waals surface area contributed by atoms with Crippen molar-refractivity contribution in [2.45, 2.75) is 6.42 Å². The van der Waals surface area contributed by atoms with E-state index in [4.69, 9.17) is 14.2 Å². The molecule has 27 heavy (non-hydrogen) atoms. The zero-order chi connectivity index (χ0) is 19.4. The first-order valence-corrected chi connectivity index (χ1v) is 8.56. The van der Waals surface area contributed by atoms with Crippen LogP contribution >= 0.6 is 0 Å². The maximum absolute atomic E-state index is 10.8. The van der Waals surface area contributed by atoms with Crippen LogP contribution in [0.25, 0.3) is 5.57 Å². The normalized spacial score (nSPS) is 13.7. The molecule has 1 aliphatic heterocycles. The molecule has 0 atom stereocenters. The molecule has 0 saturated heterocycles. The fourth-order valence-electron chi connectivity index (χ4n) is 3.24. The highest BCUT2D eigenvalue weighted by atomic mass is 16.6. The van der Waals surface area contributed by atoms with Gasteiger partial charge in [-0.25, -0.2) is 0 Å². The molecule has 0 aliphatic carbocycles. The topological polar surface area (TPSA) is 74.1 Å². The first-order chi connectivity index (χ1) is 13.1. The maximum Gasteiger partial charge on any atom is 0.269 e. The second-order valence-electron chi connectivity index (χ2n) is 6.11. The number of hydrogen-bond acceptors (Lipinski definition) is 6. The molecule has 7 nitrogen and oxygen atoms in total. The summed E-state index contributed by atoms with van der Waals surface area (Å²) in [5.41, 5.74) is 3.14. The van der Waals surface area contributed by atoms with Crippen molar-refractivity contribution in [2.24, 2.45) is 0 Å². The Labute approximate surface area is 157 Å². The lowest BCUT2D eigenvalue weighted by molar-refractivity contribution is -0.384. The van der Waals surface area contributed by atoms with Crippen molar-refractivity contribution in [3.8, 4) is 17.2 Å². The molecule has 0 bridgehead atoms. The Morgan fingerprint density at radius 2 is 1.63 bits per heavy atom. The van der Waals surface area contributed by atoms with Crippen LogP contribution in [0.5, 0.6) is 17.2 Å². The van der Waals surface area contributed by atoms with E-state index >= 15 is 0 Å². The van der Waals surface area contributed by atoms with Gasteiger partial charge in [-0.2, -0.15) is 0 Å². The van der Waals surface area contributed by atoms with Crippen molar-refractivity contribution in [1.29, 1.82) is 0 Å². The number of nitro groups is 1. The van der Waals surface area contributed by atoms with Crippen LogP contribution in [-0.2, 0) is 0 Å². The van der Waals surface area contributed by atoms with E-state index in [-0.39, 0.29) is 10.6 Å². The van der Waals surface area contributed by atoms with Crippen molar-refractivity contribution in [1.82, 2.24) is 0 Å². The number of nitro benzene ring substituents is 1. The first-order valence-electron chi connectivity index (χ1n) is 8.56. The Morgan fingerprint density at radius 3 is 2.07 bits per heavy atom. The highest BCUT2D eigenvalue weighted by molar-refractivity contribution is 5.78. The van der Waals surface area contributed by atoms with Gasteiger partial charge < -0.3 is 19.1 Å². The van der Waals surface area contributed by atoms with Crippen LogP contribution in [0.2, 0.25) is 0 Å². The Balaban J connectivity index is 1.86. The van der Waals surface area contributed by atoms with Crippen molar-refractivity contribution >= 4 is 16.9 Å². The summed E-state index contributed by atoms with van der Waals surface area (Å²) >= 11 is 0. The number of non-ortho nitro benzene ring substituents is 1. The smallest absolute Gasteiger partial charge is 0.269 e. The van der Waals surface area contributed by atoms with Gasteiger partial charge in [0, 0.05) is 43.0 Å². The molecule has 2 aromatic carbocycles. The zero-order valence-corrected chi connectivity index (χ0v) is 15.6. The lowest BCUT2D eigenvalue weighted by Gasteiger charge is -2.29. The zero-order valence-electron chi connectivity index (χ0n) is 15.6. The van der Waals surface area contributed by atoms with Crippen LogP contribution in [0, 0.1) is 10.1 Å². The van der Waals surface area contributed by atoms with Gasteiger partial charge in [0.15, 0.2) is 0 Å². The minimum Gasteiger partial charge on any atom is -0.496 e. The molecule has 142 valence electrons. The number of methoxy groups -OCH3 is 3. The van der Waals surface area contributed by atoms with Crippen LogP contribution in [-0.4, -0.2) is 39.3 Å². The summed E-state index contributed by atoms with van der Waals surface area (Å²) in [6.07, 6.45) is 2.94. The quantitative estimate of drug-likeness (QED) is 0.567. The van der Waals surface area contributed by atoms with E-state index in [0.29, 0.717) is 23.8 Å². The van der Waals surface area contributed by atoms with E-state index in [1.165, 1.54) is 12.1 Å². The van der Waals surface area contributed by atoms with E-state index in [0.717, 1.165) is 29.8 Å². The van der Waals surface area contributed by atoms with Crippen LogP contribution in [0.3, 0.4) is 0 Å². The monoisotopic (exact) mass is 370 g/mol. The number of nitrogens with zero attached hydrogens (tertiary/aromatic N) is 2. The summed E-state index contributed by atoms with van der Waals surface area (Å²) in [5.74, 6) is 2.10. The van der Waals surface area contributed by atoms with Crippen LogP contribution in [0.1, 0.15) is 12.0 Å². The number of rotatable bonds is 6. The summed E-state index contributed by atoms with van der Waals surface area (Å²) in [6, 6.07) is 10.3. The van der Waals surface area contributed by atoms with Gasteiger partial charge in [0.2, 0.25) is 0 Å². The fraction of sp³-hybridized carbons (Fsp3) is 0.300. The SMILES string of the molecule is COc1cc(OC)c(C2=CCN(c3ccc([N+](=O)[O-])cc3)CC2)c(OC)c1. The largest absolute Gasteiger partial charge is 0.496 e. The Bertz CT molecular complexity index is 836. The number of benzene rings is 2. The van der Waals surface area contributed by atoms with Gasteiger partial charge in [-0.05, 0) is 24.1 Å². The van der Waals surface area contributed by atoms with E-state index < -0.39 is 0 Å². The molecule has 3 rings (SSSR count). The molecule has 1 heterocycles. The highest BCUT2D eigenvalue weighted by Crippen LogP contribution is 2.41. The average Bonchev–Trinajstić information content (AvgIpc) is 2.72. The molecule has 0 unspecified atom stereocenters. The molecule has 0 fully saturated rings.